The monoisotopic (exact) mass is 848 g/mol. The third-order valence-electron chi connectivity index (χ3n) is 12.1. The average molecular weight is 849 g/mol. The second-order valence-electron chi connectivity index (χ2n) is 17.3. The lowest BCUT2D eigenvalue weighted by Crippen LogP contribution is -2.59. The highest BCUT2D eigenvalue weighted by Crippen LogP contribution is 2.54. The van der Waals surface area contributed by atoms with Gasteiger partial charge in [0.25, 0.3) is 6.43 Å². The topological polar surface area (TPSA) is 208 Å². The Balaban J connectivity index is 1.26. The van der Waals surface area contributed by atoms with Crippen molar-refractivity contribution in [3.05, 3.63) is 42.6 Å². The molecule has 0 unspecified atom stereocenters. The number of halogens is 2. The summed E-state index contributed by atoms with van der Waals surface area (Å²) in [6.07, 6.45) is 4.61. The number of carbonyl (C=O) groups excluding carboxylic acids is 4. The van der Waals surface area contributed by atoms with Crippen LogP contribution in [0.1, 0.15) is 92.9 Å². The van der Waals surface area contributed by atoms with Gasteiger partial charge in [-0.1, -0.05) is 39.3 Å². The van der Waals surface area contributed by atoms with Crippen molar-refractivity contribution in [2.45, 2.75) is 128 Å². The molecule has 1 saturated heterocycles. The molecule has 15 nitrogen and oxygen atoms in total. The first-order chi connectivity index (χ1) is 27.6. The highest BCUT2D eigenvalue weighted by atomic mass is 32.2. The van der Waals surface area contributed by atoms with Crippen molar-refractivity contribution >= 4 is 44.6 Å². The summed E-state index contributed by atoms with van der Waals surface area (Å²) >= 11 is 0. The molecule has 3 fully saturated rings. The van der Waals surface area contributed by atoms with Gasteiger partial charge in [0.2, 0.25) is 33.6 Å². The number of carbonyl (C=O) groups is 4. The van der Waals surface area contributed by atoms with Crippen LogP contribution in [0.5, 0.6) is 11.6 Å². The van der Waals surface area contributed by atoms with E-state index in [4.69, 9.17) is 19.9 Å². The van der Waals surface area contributed by atoms with E-state index >= 15 is 0 Å². The first-order valence-corrected chi connectivity index (χ1v) is 21.6. The zero-order chi connectivity index (χ0) is 43.5. The molecule has 5 rings (SSSR count). The number of amides is 4. The molecule has 4 amide bonds. The number of hydrogen-bond donors (Lipinski definition) is 4. The molecule has 2 aliphatic carbocycles. The predicted molar refractivity (Wildman–Crippen MR) is 215 cm³/mol. The van der Waals surface area contributed by atoms with Crippen molar-refractivity contribution in [2.75, 3.05) is 13.7 Å². The number of fused-ring (bicyclic) bond motifs is 1. The maximum atomic E-state index is 14.5. The summed E-state index contributed by atoms with van der Waals surface area (Å²) in [6.45, 7) is 9.38. The van der Waals surface area contributed by atoms with Gasteiger partial charge >= 0.3 is 6.09 Å². The van der Waals surface area contributed by atoms with Crippen LogP contribution in [0.4, 0.5) is 13.6 Å². The van der Waals surface area contributed by atoms with Gasteiger partial charge in [0, 0.05) is 18.0 Å². The molecular weight excluding hydrogens is 791 g/mol. The number of ether oxygens (including phenoxy) is 3. The van der Waals surface area contributed by atoms with Crippen LogP contribution in [0, 0.1) is 23.2 Å². The Morgan fingerprint density at radius 2 is 1.86 bits per heavy atom. The minimum Gasteiger partial charge on any atom is -0.497 e. The SMILES string of the molecule is CC[C@H](C[C@@H](C)CC/C=C\[C@@H]1C[C@]1(C)C(=O)NS(=O)(=O)C1(C)CC1)[C@H](NNC(=O)OC(C)(C)C(F)F)C(=O)N1C[C@H](Oc2nccc3cc(OC)ccc23)C[C@H]1C(N)=O. The summed E-state index contributed by atoms with van der Waals surface area (Å²) in [5.74, 6) is -1.31. The maximum Gasteiger partial charge on any atom is 0.422 e. The second kappa shape index (κ2) is 18.0. The number of benzene rings is 1. The number of sulfonamides is 1. The third-order valence-corrected chi connectivity index (χ3v) is 14.3. The summed E-state index contributed by atoms with van der Waals surface area (Å²) in [4.78, 5) is 58.7. The fourth-order valence-corrected chi connectivity index (χ4v) is 8.83. The van der Waals surface area contributed by atoms with Crippen molar-refractivity contribution in [2.24, 2.45) is 28.9 Å². The largest absolute Gasteiger partial charge is 0.497 e. The standard InChI is InChI=1S/C41H58F2N6O9S/c1-8-25(19-24(2)11-9-10-12-27-22-41(27,6)37(52)48-59(54,55)40(5)16-17-40)32(46-47-38(53)58-39(3,4)36(42)43)35(51)49-23-29(21-31(49)33(44)50)57-34-30-14-13-28(56-7)20-26(30)15-18-45-34/h10,12-15,18,20,24-25,27,29,31-32,36,46H,8-9,11,16-17,19,21-23H2,1-7H3,(H2,44,50)(H,47,53)(H,48,52)/b12-10-/t24-,25+,27+,29+,31-,32-,41-/m0/s1. The van der Waals surface area contributed by atoms with Gasteiger partial charge in [0.15, 0.2) is 5.60 Å². The van der Waals surface area contributed by atoms with Crippen LogP contribution in [0.25, 0.3) is 10.8 Å². The summed E-state index contributed by atoms with van der Waals surface area (Å²) in [5.41, 5.74) is 7.95. The number of rotatable bonds is 20. The maximum absolute atomic E-state index is 14.5. The van der Waals surface area contributed by atoms with E-state index < -0.39 is 80.1 Å². The number of hydrogen-bond acceptors (Lipinski definition) is 11. The van der Waals surface area contributed by atoms with Gasteiger partial charge in [-0.25, -0.2) is 32.4 Å². The van der Waals surface area contributed by atoms with E-state index in [1.165, 1.54) is 4.90 Å². The van der Waals surface area contributed by atoms with E-state index in [-0.39, 0.29) is 24.8 Å². The van der Waals surface area contributed by atoms with Gasteiger partial charge < -0.3 is 24.8 Å². The molecule has 59 heavy (non-hydrogen) atoms. The number of likely N-dealkylation sites (tertiary alicyclic amines) is 1. The minimum atomic E-state index is -3.73. The Bertz CT molecular complexity index is 2030. The molecule has 7 atom stereocenters. The lowest BCUT2D eigenvalue weighted by Gasteiger charge is -2.33. The number of methoxy groups -OCH3 is 1. The molecule has 2 aromatic rings. The number of nitrogens with two attached hydrogens (primary N) is 1. The van der Waals surface area contributed by atoms with Crippen LogP contribution in [-0.4, -0.2) is 90.7 Å². The average Bonchev–Trinajstić information content (AvgIpc) is 4.04. The van der Waals surface area contributed by atoms with Crippen LogP contribution in [0.15, 0.2) is 42.6 Å². The zero-order valence-electron chi connectivity index (χ0n) is 34.8. The summed E-state index contributed by atoms with van der Waals surface area (Å²) in [5, 5.41) is 1.51. The lowest BCUT2D eigenvalue weighted by molar-refractivity contribution is -0.140. The van der Waals surface area contributed by atoms with Gasteiger partial charge in [-0.05, 0) is 107 Å². The summed E-state index contributed by atoms with van der Waals surface area (Å²) in [7, 11) is -2.17. The molecule has 1 aliphatic heterocycles. The number of allylic oxidation sites excluding steroid dienone is 2. The van der Waals surface area contributed by atoms with Crippen molar-refractivity contribution in [3.8, 4) is 11.6 Å². The number of alkyl halides is 2. The first kappa shape index (κ1) is 45.5. The van der Waals surface area contributed by atoms with Crippen molar-refractivity contribution in [1.82, 2.24) is 25.5 Å². The first-order valence-electron chi connectivity index (χ1n) is 20.1. The lowest BCUT2D eigenvalue weighted by atomic mass is 9.85. The Kier molecular flexibility index (Phi) is 13.8. The van der Waals surface area contributed by atoms with E-state index in [0.29, 0.717) is 62.0 Å². The minimum absolute atomic E-state index is 0.0260. The number of nitrogens with zero attached hydrogens (tertiary/aromatic N) is 2. The van der Waals surface area contributed by atoms with E-state index in [9.17, 15) is 36.4 Å². The summed E-state index contributed by atoms with van der Waals surface area (Å²) in [6, 6.07) is 5.03. The van der Waals surface area contributed by atoms with E-state index in [1.54, 1.807) is 45.4 Å². The Hall–Kier alpha value is -4.58. The number of pyridine rings is 1. The van der Waals surface area contributed by atoms with Gasteiger partial charge in [-0.3, -0.25) is 24.5 Å². The van der Waals surface area contributed by atoms with Crippen molar-refractivity contribution < 1.29 is 50.6 Å². The number of aromatic nitrogens is 1. The fourth-order valence-electron chi connectivity index (χ4n) is 7.47. The molecule has 1 aromatic heterocycles. The number of primary amides is 1. The van der Waals surface area contributed by atoms with Crippen LogP contribution < -0.4 is 30.8 Å². The highest BCUT2D eigenvalue weighted by Gasteiger charge is 2.58. The van der Waals surface area contributed by atoms with Gasteiger partial charge in [-0.2, -0.15) is 0 Å². The quantitative estimate of drug-likeness (QED) is 0.101. The van der Waals surface area contributed by atoms with Gasteiger partial charge in [0.1, 0.15) is 23.9 Å². The molecule has 3 aliphatic rings. The van der Waals surface area contributed by atoms with Crippen LogP contribution in [0.2, 0.25) is 0 Å². The number of nitrogens with one attached hydrogen (secondary N) is 3. The molecule has 18 heteroatoms. The molecular formula is C41H58F2N6O9S. The zero-order valence-corrected chi connectivity index (χ0v) is 35.6. The molecule has 0 radical (unpaired) electrons. The fraction of sp³-hybridized carbons (Fsp3) is 0.634. The van der Waals surface area contributed by atoms with Gasteiger partial charge in [0.05, 0.1) is 23.8 Å². The van der Waals surface area contributed by atoms with Crippen LogP contribution in [-0.2, 0) is 29.1 Å². The van der Waals surface area contributed by atoms with Crippen molar-refractivity contribution in [3.63, 3.8) is 0 Å². The van der Waals surface area contributed by atoms with E-state index in [0.717, 1.165) is 19.2 Å². The molecule has 0 bridgehead atoms. The molecule has 2 saturated carbocycles. The normalized spacial score (nSPS) is 24.0. The Morgan fingerprint density at radius 3 is 2.49 bits per heavy atom. The smallest absolute Gasteiger partial charge is 0.422 e. The van der Waals surface area contributed by atoms with Crippen molar-refractivity contribution in [1.29, 1.82) is 0 Å². The molecule has 1 aromatic carbocycles. The molecule has 0 spiro atoms. The number of hydrazine groups is 1. The van der Waals surface area contributed by atoms with Gasteiger partial charge in [-0.15, -0.1) is 0 Å². The highest BCUT2D eigenvalue weighted by molar-refractivity contribution is 7.91. The second-order valence-corrected chi connectivity index (χ2v) is 19.5. The Morgan fingerprint density at radius 1 is 1.15 bits per heavy atom. The third kappa shape index (κ3) is 10.6. The van der Waals surface area contributed by atoms with E-state index in [1.807, 2.05) is 32.1 Å². The molecule has 326 valence electrons. The molecule has 2 heterocycles. The predicted octanol–water partition coefficient (Wildman–Crippen LogP) is 5.13. The van der Waals surface area contributed by atoms with E-state index in [2.05, 4.69) is 20.6 Å². The molecule has 5 N–H and O–H groups in total. The van der Waals surface area contributed by atoms with Crippen LogP contribution >= 0.6 is 0 Å². The van der Waals surface area contributed by atoms with Crippen LogP contribution in [0.3, 0.4) is 0 Å². The summed E-state index contributed by atoms with van der Waals surface area (Å²) < 4.78 is 70.2. The Labute approximate surface area is 344 Å².